The number of benzene rings is 1. The lowest BCUT2D eigenvalue weighted by Crippen LogP contribution is -2.54. The molecule has 1 fully saturated rings. The number of phenolic OH excluding ortho intramolecular Hbond substituents is 1. The van der Waals surface area contributed by atoms with Crippen LogP contribution in [0.15, 0.2) is 18.2 Å². The molecule has 1 aromatic rings. The number of aromatic hydroxyl groups is 1. The maximum absolute atomic E-state index is 12.4. The molecule has 0 bridgehead atoms. The maximum atomic E-state index is 12.4. The van der Waals surface area contributed by atoms with Crippen LogP contribution in [0, 0.1) is 0 Å². The third kappa shape index (κ3) is 3.64. The first-order valence-corrected chi connectivity index (χ1v) is 7.50. The molecule has 1 saturated heterocycles. The van der Waals surface area contributed by atoms with Gasteiger partial charge in [-0.05, 0) is 25.1 Å². The molecule has 1 aliphatic heterocycles. The zero-order valence-corrected chi connectivity index (χ0v) is 13.3. The Morgan fingerprint density at radius 3 is 2.57 bits per heavy atom. The Labute approximate surface area is 134 Å². The molecule has 7 heteroatoms. The first-order chi connectivity index (χ1) is 9.90. The smallest absolute Gasteiger partial charge is 0.255 e. The largest absolute Gasteiger partial charge is 0.508 e. The molecule has 0 saturated carbocycles. The second-order valence-electron chi connectivity index (χ2n) is 5.07. The van der Waals surface area contributed by atoms with Gasteiger partial charge in [-0.1, -0.05) is 23.8 Å². The highest BCUT2D eigenvalue weighted by Crippen LogP contribution is 2.23. The number of nitrogens with zero attached hydrogens (tertiary/aromatic N) is 2. The SMILES string of the molecule is CC(C(N)=S)N1CCN(C(=O)c2cc(O)ccc2Cl)CC1. The van der Waals surface area contributed by atoms with E-state index in [0.29, 0.717) is 41.8 Å². The first kappa shape index (κ1) is 16.0. The van der Waals surface area contributed by atoms with E-state index in [0.717, 1.165) is 0 Å². The fourth-order valence-electron chi connectivity index (χ4n) is 2.34. The Balaban J connectivity index is 2.03. The van der Waals surface area contributed by atoms with Gasteiger partial charge in [0.05, 0.1) is 21.6 Å². The van der Waals surface area contributed by atoms with E-state index in [1.165, 1.54) is 18.2 Å². The molecule has 1 atom stereocenters. The summed E-state index contributed by atoms with van der Waals surface area (Å²) in [6, 6.07) is 4.41. The zero-order valence-electron chi connectivity index (χ0n) is 11.8. The van der Waals surface area contributed by atoms with Crippen LogP contribution >= 0.6 is 23.8 Å². The van der Waals surface area contributed by atoms with Crippen molar-refractivity contribution < 1.29 is 9.90 Å². The van der Waals surface area contributed by atoms with Crippen LogP contribution in [-0.4, -0.2) is 58.0 Å². The number of phenols is 1. The second kappa shape index (κ2) is 6.60. The number of thiocarbonyl (C=S) groups is 1. The number of halogens is 1. The standard InChI is InChI=1S/C14H18ClN3O2S/c1-9(13(16)21)17-4-6-18(7-5-17)14(20)11-8-10(19)2-3-12(11)15/h2-3,8-9,19H,4-7H2,1H3,(H2,16,21). The third-order valence-electron chi connectivity index (χ3n) is 3.74. The molecule has 0 spiro atoms. The molecule has 1 unspecified atom stereocenters. The van der Waals surface area contributed by atoms with Crippen molar-refractivity contribution >= 4 is 34.7 Å². The Morgan fingerprint density at radius 1 is 1.38 bits per heavy atom. The molecule has 0 radical (unpaired) electrons. The van der Waals surface area contributed by atoms with E-state index in [9.17, 15) is 9.90 Å². The van der Waals surface area contributed by atoms with Crippen molar-refractivity contribution in [3.05, 3.63) is 28.8 Å². The van der Waals surface area contributed by atoms with Crippen LogP contribution in [0.5, 0.6) is 5.75 Å². The predicted molar refractivity (Wildman–Crippen MR) is 86.8 cm³/mol. The monoisotopic (exact) mass is 327 g/mol. The number of carbonyl (C=O) groups excluding carboxylic acids is 1. The van der Waals surface area contributed by atoms with Crippen molar-refractivity contribution in [1.82, 2.24) is 9.80 Å². The molecular weight excluding hydrogens is 310 g/mol. The topological polar surface area (TPSA) is 69.8 Å². The van der Waals surface area contributed by atoms with Gasteiger partial charge in [0.1, 0.15) is 5.75 Å². The van der Waals surface area contributed by atoms with E-state index in [1.807, 2.05) is 6.92 Å². The van der Waals surface area contributed by atoms with Crippen LogP contribution < -0.4 is 5.73 Å². The number of carbonyl (C=O) groups is 1. The number of hydrogen-bond donors (Lipinski definition) is 2. The molecule has 21 heavy (non-hydrogen) atoms. The van der Waals surface area contributed by atoms with Gasteiger partial charge < -0.3 is 15.7 Å². The number of piperazine rings is 1. The third-order valence-corrected chi connectivity index (χ3v) is 4.41. The normalized spacial score (nSPS) is 17.5. The first-order valence-electron chi connectivity index (χ1n) is 6.71. The van der Waals surface area contributed by atoms with E-state index >= 15 is 0 Å². The molecular formula is C14H18ClN3O2S. The molecule has 5 nitrogen and oxygen atoms in total. The lowest BCUT2D eigenvalue weighted by Gasteiger charge is -2.37. The minimum absolute atomic E-state index is 0.0293. The van der Waals surface area contributed by atoms with Crippen molar-refractivity contribution in [3.63, 3.8) is 0 Å². The Morgan fingerprint density at radius 2 is 2.00 bits per heavy atom. The minimum Gasteiger partial charge on any atom is -0.508 e. The van der Waals surface area contributed by atoms with Crippen molar-refractivity contribution in [1.29, 1.82) is 0 Å². The average Bonchev–Trinajstić information content (AvgIpc) is 2.48. The summed E-state index contributed by atoms with van der Waals surface area (Å²) in [7, 11) is 0. The summed E-state index contributed by atoms with van der Waals surface area (Å²) in [6.45, 7) is 4.54. The minimum atomic E-state index is -0.168. The van der Waals surface area contributed by atoms with Gasteiger partial charge in [-0.15, -0.1) is 0 Å². The highest BCUT2D eigenvalue weighted by Gasteiger charge is 2.26. The van der Waals surface area contributed by atoms with Crippen LogP contribution in [0.1, 0.15) is 17.3 Å². The van der Waals surface area contributed by atoms with Gasteiger partial charge in [-0.25, -0.2) is 0 Å². The average molecular weight is 328 g/mol. The quantitative estimate of drug-likeness (QED) is 0.823. The predicted octanol–water partition coefficient (Wildman–Crippen LogP) is 1.48. The molecule has 114 valence electrons. The fraction of sp³-hybridized carbons (Fsp3) is 0.429. The molecule has 1 amide bonds. The number of amides is 1. The Bertz CT molecular complexity index is 559. The van der Waals surface area contributed by atoms with Crippen LogP contribution in [-0.2, 0) is 0 Å². The van der Waals surface area contributed by atoms with Gasteiger partial charge in [0.25, 0.3) is 5.91 Å². The lowest BCUT2D eigenvalue weighted by atomic mass is 10.1. The van der Waals surface area contributed by atoms with Gasteiger partial charge in [-0.2, -0.15) is 0 Å². The van der Waals surface area contributed by atoms with Crippen molar-refractivity contribution in [2.45, 2.75) is 13.0 Å². The van der Waals surface area contributed by atoms with Crippen LogP contribution in [0.2, 0.25) is 5.02 Å². The molecule has 1 aliphatic rings. The molecule has 0 aliphatic carbocycles. The van der Waals surface area contributed by atoms with Gasteiger partial charge in [0, 0.05) is 26.2 Å². The fourth-order valence-corrected chi connectivity index (χ4v) is 2.69. The van der Waals surface area contributed by atoms with Crippen LogP contribution in [0.3, 0.4) is 0 Å². The summed E-state index contributed by atoms with van der Waals surface area (Å²) in [4.78, 5) is 16.8. The lowest BCUT2D eigenvalue weighted by molar-refractivity contribution is 0.0621. The van der Waals surface area contributed by atoms with E-state index < -0.39 is 0 Å². The maximum Gasteiger partial charge on any atom is 0.255 e. The van der Waals surface area contributed by atoms with E-state index in [2.05, 4.69) is 4.90 Å². The van der Waals surface area contributed by atoms with E-state index in [-0.39, 0.29) is 17.7 Å². The summed E-state index contributed by atoms with van der Waals surface area (Å²) in [5.74, 6) is -0.137. The van der Waals surface area contributed by atoms with Crippen molar-refractivity contribution in [3.8, 4) is 5.75 Å². The van der Waals surface area contributed by atoms with Gasteiger partial charge in [0.2, 0.25) is 0 Å². The van der Waals surface area contributed by atoms with Crippen LogP contribution in [0.4, 0.5) is 0 Å². The second-order valence-corrected chi connectivity index (χ2v) is 5.95. The molecule has 1 aromatic carbocycles. The van der Waals surface area contributed by atoms with Gasteiger partial charge in [0.15, 0.2) is 0 Å². The highest BCUT2D eigenvalue weighted by atomic mass is 35.5. The highest BCUT2D eigenvalue weighted by molar-refractivity contribution is 7.80. The van der Waals surface area contributed by atoms with Gasteiger partial charge >= 0.3 is 0 Å². The zero-order chi connectivity index (χ0) is 15.6. The summed E-state index contributed by atoms with van der Waals surface area (Å²) in [5, 5.41) is 9.84. The van der Waals surface area contributed by atoms with Gasteiger partial charge in [-0.3, -0.25) is 9.69 Å². The molecule has 3 N–H and O–H groups in total. The molecule has 0 aromatic heterocycles. The Hall–Kier alpha value is -1.37. The molecule has 1 heterocycles. The van der Waals surface area contributed by atoms with Crippen LogP contribution in [0.25, 0.3) is 0 Å². The summed E-state index contributed by atoms with van der Waals surface area (Å²) in [5.41, 5.74) is 5.98. The van der Waals surface area contributed by atoms with E-state index in [1.54, 1.807) is 4.90 Å². The molecule has 2 rings (SSSR count). The summed E-state index contributed by atoms with van der Waals surface area (Å²) < 4.78 is 0. The number of rotatable bonds is 3. The van der Waals surface area contributed by atoms with Crippen molar-refractivity contribution in [2.75, 3.05) is 26.2 Å². The van der Waals surface area contributed by atoms with E-state index in [4.69, 9.17) is 29.6 Å². The number of hydrogen-bond acceptors (Lipinski definition) is 4. The Kier molecular flexibility index (Phi) is 5.03. The summed E-state index contributed by atoms with van der Waals surface area (Å²) in [6.07, 6.45) is 0. The number of nitrogens with two attached hydrogens (primary N) is 1. The van der Waals surface area contributed by atoms with Crippen molar-refractivity contribution in [2.24, 2.45) is 5.73 Å². The summed E-state index contributed by atoms with van der Waals surface area (Å²) >= 11 is 11.0.